The number of para-hydroxylation sites is 1. The van der Waals surface area contributed by atoms with Crippen molar-refractivity contribution in [2.24, 2.45) is 10.7 Å². The molecule has 8 nitrogen and oxygen atoms in total. The molecule has 0 fully saturated rings. The number of hydrogen-bond donors (Lipinski definition) is 3. The first-order valence-electron chi connectivity index (χ1n) is 8.98. The summed E-state index contributed by atoms with van der Waals surface area (Å²) in [5.41, 5.74) is 7.68. The zero-order valence-corrected chi connectivity index (χ0v) is 17.2. The standard InChI is InChI=1S/C20H23N5O3S/c1-12(15-6-4-5-7-17(15)27-3)23-19(21)25-20-24-16(11-29-20)18-9-8-14(28-18)10-22-13(2)26/h4-9,11-12H,10H2,1-3H3,(H,22,26)(H3,21,23,24,25). The number of guanidine groups is 1. The van der Waals surface area contributed by atoms with Crippen LogP contribution in [-0.4, -0.2) is 24.0 Å². The summed E-state index contributed by atoms with van der Waals surface area (Å²) in [6.45, 7) is 3.74. The van der Waals surface area contributed by atoms with Crippen molar-refractivity contribution in [2.45, 2.75) is 26.4 Å². The Balaban J connectivity index is 1.66. The minimum Gasteiger partial charge on any atom is -0.496 e. The molecule has 1 unspecified atom stereocenters. The molecule has 4 N–H and O–H groups in total. The van der Waals surface area contributed by atoms with E-state index in [4.69, 9.17) is 14.9 Å². The van der Waals surface area contributed by atoms with Crippen molar-refractivity contribution < 1.29 is 13.9 Å². The summed E-state index contributed by atoms with van der Waals surface area (Å²) < 4.78 is 11.1. The van der Waals surface area contributed by atoms with E-state index in [1.165, 1.54) is 18.3 Å². The Morgan fingerprint density at radius 3 is 2.90 bits per heavy atom. The second-order valence-corrected chi connectivity index (χ2v) is 7.13. The van der Waals surface area contributed by atoms with Gasteiger partial charge in [-0.15, -0.1) is 11.3 Å². The fourth-order valence-electron chi connectivity index (χ4n) is 2.70. The zero-order chi connectivity index (χ0) is 20.8. The Labute approximate surface area is 172 Å². The first-order valence-corrected chi connectivity index (χ1v) is 9.86. The first-order chi connectivity index (χ1) is 14.0. The van der Waals surface area contributed by atoms with Crippen LogP contribution in [-0.2, 0) is 11.3 Å². The van der Waals surface area contributed by atoms with Crippen LogP contribution in [0.25, 0.3) is 11.5 Å². The Bertz CT molecular complexity index is 1010. The van der Waals surface area contributed by atoms with E-state index in [-0.39, 0.29) is 17.9 Å². The van der Waals surface area contributed by atoms with E-state index in [1.54, 1.807) is 7.11 Å². The lowest BCUT2D eigenvalue weighted by Gasteiger charge is -2.12. The van der Waals surface area contributed by atoms with Crippen LogP contribution in [0.1, 0.15) is 31.2 Å². The topological polar surface area (TPSA) is 115 Å². The van der Waals surface area contributed by atoms with E-state index in [2.05, 4.69) is 20.6 Å². The molecule has 0 aliphatic carbocycles. The number of methoxy groups -OCH3 is 1. The van der Waals surface area contributed by atoms with Gasteiger partial charge in [0, 0.05) is 17.9 Å². The highest BCUT2D eigenvalue weighted by Gasteiger charge is 2.12. The number of nitrogens with two attached hydrogens (primary N) is 1. The number of aromatic nitrogens is 1. The maximum Gasteiger partial charge on any atom is 0.217 e. The molecule has 3 aromatic rings. The number of aliphatic imine (C=N–C) groups is 1. The summed E-state index contributed by atoms with van der Waals surface area (Å²) in [5, 5.41) is 8.17. The van der Waals surface area contributed by atoms with Crippen LogP contribution in [0.2, 0.25) is 0 Å². The molecule has 1 atom stereocenters. The molecule has 1 aromatic carbocycles. The van der Waals surface area contributed by atoms with Crippen molar-refractivity contribution in [3.05, 3.63) is 53.1 Å². The zero-order valence-electron chi connectivity index (χ0n) is 16.4. The predicted molar refractivity (Wildman–Crippen MR) is 114 cm³/mol. The molecule has 29 heavy (non-hydrogen) atoms. The number of amides is 1. The van der Waals surface area contributed by atoms with E-state index in [9.17, 15) is 4.79 Å². The van der Waals surface area contributed by atoms with Crippen LogP contribution < -0.4 is 21.1 Å². The number of rotatable bonds is 7. The Kier molecular flexibility index (Phi) is 6.50. The number of carbonyl (C=O) groups is 1. The van der Waals surface area contributed by atoms with E-state index in [0.717, 1.165) is 11.3 Å². The summed E-state index contributed by atoms with van der Waals surface area (Å²) in [6.07, 6.45) is 0. The van der Waals surface area contributed by atoms with Gasteiger partial charge in [-0.2, -0.15) is 0 Å². The van der Waals surface area contributed by atoms with E-state index < -0.39 is 0 Å². The van der Waals surface area contributed by atoms with Crippen LogP contribution in [0.3, 0.4) is 0 Å². The summed E-state index contributed by atoms with van der Waals surface area (Å²) in [6, 6.07) is 11.1. The quantitative estimate of drug-likeness (QED) is 0.403. The van der Waals surface area contributed by atoms with Gasteiger partial charge >= 0.3 is 0 Å². The van der Waals surface area contributed by atoms with Gasteiger partial charge in [0.15, 0.2) is 16.9 Å². The van der Waals surface area contributed by atoms with E-state index in [0.29, 0.717) is 28.9 Å². The van der Waals surface area contributed by atoms with Crippen molar-refractivity contribution in [3.63, 3.8) is 0 Å². The van der Waals surface area contributed by atoms with Gasteiger partial charge < -0.3 is 25.5 Å². The maximum absolute atomic E-state index is 11.0. The molecule has 0 bridgehead atoms. The van der Waals surface area contributed by atoms with Crippen molar-refractivity contribution >= 4 is 28.3 Å². The fraction of sp³-hybridized carbons (Fsp3) is 0.250. The highest BCUT2D eigenvalue weighted by molar-refractivity contribution is 7.14. The largest absolute Gasteiger partial charge is 0.496 e. The van der Waals surface area contributed by atoms with Crippen molar-refractivity contribution in [1.82, 2.24) is 10.3 Å². The third-order valence-electron chi connectivity index (χ3n) is 4.09. The highest BCUT2D eigenvalue weighted by Crippen LogP contribution is 2.28. The number of carbonyl (C=O) groups excluding carboxylic acids is 1. The number of ether oxygens (including phenoxy) is 1. The lowest BCUT2D eigenvalue weighted by molar-refractivity contribution is -0.119. The van der Waals surface area contributed by atoms with Crippen LogP contribution in [0.5, 0.6) is 5.75 Å². The lowest BCUT2D eigenvalue weighted by atomic mass is 10.1. The molecule has 0 aliphatic heterocycles. The molecular weight excluding hydrogens is 390 g/mol. The average Bonchev–Trinajstić information content (AvgIpc) is 3.35. The molecular formula is C20H23N5O3S. The molecule has 1 amide bonds. The van der Waals surface area contributed by atoms with Gasteiger partial charge in [0.25, 0.3) is 0 Å². The Hall–Kier alpha value is -3.33. The molecule has 0 saturated carbocycles. The predicted octanol–water partition coefficient (Wildman–Crippen LogP) is 3.54. The molecule has 0 aliphatic rings. The van der Waals surface area contributed by atoms with Gasteiger partial charge in [-0.3, -0.25) is 4.79 Å². The molecule has 2 heterocycles. The van der Waals surface area contributed by atoms with Crippen molar-refractivity contribution in [3.8, 4) is 17.2 Å². The molecule has 152 valence electrons. The fourth-order valence-corrected chi connectivity index (χ4v) is 3.40. The molecule has 0 saturated heterocycles. The minimum absolute atomic E-state index is 0.111. The third kappa shape index (κ3) is 5.35. The number of anilines is 1. The smallest absolute Gasteiger partial charge is 0.217 e. The monoisotopic (exact) mass is 413 g/mol. The summed E-state index contributed by atoms with van der Waals surface area (Å²) in [7, 11) is 1.63. The van der Waals surface area contributed by atoms with Gasteiger partial charge in [0.2, 0.25) is 5.91 Å². The first kappa shape index (κ1) is 20.4. The van der Waals surface area contributed by atoms with Gasteiger partial charge in [0.1, 0.15) is 17.2 Å². The SMILES string of the molecule is COc1ccccc1C(C)N=C(N)Nc1nc(-c2ccc(CNC(C)=O)o2)cs1. The molecule has 2 aromatic heterocycles. The van der Waals surface area contributed by atoms with E-state index >= 15 is 0 Å². The number of nitrogens with one attached hydrogen (secondary N) is 2. The van der Waals surface area contributed by atoms with E-state index in [1.807, 2.05) is 48.7 Å². The van der Waals surface area contributed by atoms with Crippen LogP contribution in [0.4, 0.5) is 5.13 Å². The number of hydrogen-bond acceptors (Lipinski definition) is 6. The summed E-state index contributed by atoms with van der Waals surface area (Å²) in [5.74, 6) is 2.19. The molecule has 9 heteroatoms. The Morgan fingerprint density at radius 1 is 1.34 bits per heavy atom. The van der Waals surface area contributed by atoms with Gasteiger partial charge in [0.05, 0.1) is 19.7 Å². The third-order valence-corrected chi connectivity index (χ3v) is 4.84. The van der Waals surface area contributed by atoms with Crippen molar-refractivity contribution in [2.75, 3.05) is 12.4 Å². The molecule has 0 spiro atoms. The van der Waals surface area contributed by atoms with Crippen LogP contribution in [0, 0.1) is 0 Å². The number of nitrogens with zero attached hydrogens (tertiary/aromatic N) is 2. The number of benzene rings is 1. The molecule has 3 rings (SSSR count). The summed E-state index contributed by atoms with van der Waals surface area (Å²) in [4.78, 5) is 20.0. The number of furan rings is 1. The second kappa shape index (κ2) is 9.24. The lowest BCUT2D eigenvalue weighted by Crippen LogP contribution is -2.23. The highest BCUT2D eigenvalue weighted by atomic mass is 32.1. The van der Waals surface area contributed by atoms with Gasteiger partial charge in [-0.1, -0.05) is 18.2 Å². The summed E-state index contributed by atoms with van der Waals surface area (Å²) >= 11 is 1.39. The van der Waals surface area contributed by atoms with Gasteiger partial charge in [-0.05, 0) is 25.1 Å². The normalized spacial score (nSPS) is 12.4. The second-order valence-electron chi connectivity index (χ2n) is 6.27. The minimum atomic E-state index is -0.181. The number of thiazole rings is 1. The average molecular weight is 414 g/mol. The Morgan fingerprint density at radius 2 is 2.14 bits per heavy atom. The van der Waals surface area contributed by atoms with Gasteiger partial charge in [-0.25, -0.2) is 9.98 Å². The van der Waals surface area contributed by atoms with Crippen LogP contribution in [0.15, 0.2) is 51.2 Å². The van der Waals surface area contributed by atoms with Crippen LogP contribution >= 0.6 is 11.3 Å². The maximum atomic E-state index is 11.0. The molecule has 0 radical (unpaired) electrons. The van der Waals surface area contributed by atoms with Crippen molar-refractivity contribution in [1.29, 1.82) is 0 Å².